The largest absolute Gasteiger partial charge is 0.573 e. The van der Waals surface area contributed by atoms with E-state index in [-0.39, 0.29) is 11.4 Å². The third-order valence-electron chi connectivity index (χ3n) is 5.90. The first kappa shape index (κ1) is 30.9. The molecular formula is C24H22F6N2O6S2. The van der Waals surface area contributed by atoms with E-state index in [9.17, 15) is 43.2 Å². The van der Waals surface area contributed by atoms with E-state index < -0.39 is 54.1 Å². The Bertz CT molecular complexity index is 1500. The summed E-state index contributed by atoms with van der Waals surface area (Å²) in [4.78, 5) is -0.877. The molecule has 3 rings (SSSR count). The van der Waals surface area contributed by atoms with Crippen molar-refractivity contribution in [1.29, 1.82) is 0 Å². The number of benzene rings is 3. The van der Waals surface area contributed by atoms with Crippen LogP contribution in [0, 0.1) is 27.7 Å². The molecule has 0 amide bonds. The summed E-state index contributed by atoms with van der Waals surface area (Å²) in [6.45, 7) is 6.41. The van der Waals surface area contributed by atoms with Gasteiger partial charge in [-0.2, -0.15) is 0 Å². The fourth-order valence-corrected chi connectivity index (χ4v) is 5.87. The topological polar surface area (TPSA) is 111 Å². The zero-order chi connectivity index (χ0) is 30.3. The Morgan fingerprint density at radius 1 is 0.525 bits per heavy atom. The summed E-state index contributed by atoms with van der Waals surface area (Å²) < 4.78 is 139. The molecular weight excluding hydrogens is 590 g/mol. The molecule has 0 saturated carbocycles. The molecule has 0 heterocycles. The number of hydrogen-bond donors (Lipinski definition) is 2. The van der Waals surface area contributed by atoms with Crippen LogP contribution >= 0.6 is 0 Å². The van der Waals surface area contributed by atoms with Crippen molar-refractivity contribution in [2.45, 2.75) is 50.2 Å². The van der Waals surface area contributed by atoms with Gasteiger partial charge in [-0.05, 0) is 98.5 Å². The summed E-state index contributed by atoms with van der Waals surface area (Å²) in [6.07, 6.45) is -9.96. The van der Waals surface area contributed by atoms with Crippen molar-refractivity contribution >= 4 is 31.4 Å². The van der Waals surface area contributed by atoms with Gasteiger partial charge in [0.2, 0.25) is 0 Å². The first-order valence-electron chi connectivity index (χ1n) is 11.1. The van der Waals surface area contributed by atoms with Crippen LogP contribution in [0.3, 0.4) is 0 Å². The summed E-state index contributed by atoms with van der Waals surface area (Å²) in [6, 6.07) is 6.71. The molecule has 218 valence electrons. The van der Waals surface area contributed by atoms with Gasteiger partial charge in [0.05, 0.1) is 21.2 Å². The van der Waals surface area contributed by atoms with Gasteiger partial charge in [-0.25, -0.2) is 16.8 Å². The molecule has 0 fully saturated rings. The monoisotopic (exact) mass is 612 g/mol. The van der Waals surface area contributed by atoms with Crippen LogP contribution in [0.5, 0.6) is 11.5 Å². The highest BCUT2D eigenvalue weighted by atomic mass is 32.2. The second-order valence-electron chi connectivity index (χ2n) is 8.50. The number of sulfonamides is 2. The average molecular weight is 613 g/mol. The van der Waals surface area contributed by atoms with Crippen LogP contribution < -0.4 is 18.9 Å². The maximum Gasteiger partial charge on any atom is 0.573 e. The Hall–Kier alpha value is -3.66. The summed E-state index contributed by atoms with van der Waals surface area (Å²) >= 11 is 0. The van der Waals surface area contributed by atoms with Crippen molar-refractivity contribution < 1.29 is 52.7 Å². The molecule has 0 atom stereocenters. The van der Waals surface area contributed by atoms with Gasteiger partial charge in [-0.15, -0.1) is 26.3 Å². The maximum absolute atomic E-state index is 13.1. The highest BCUT2D eigenvalue weighted by Gasteiger charge is 2.32. The van der Waals surface area contributed by atoms with Crippen LogP contribution in [0.4, 0.5) is 37.7 Å². The molecule has 0 aliphatic rings. The Kier molecular flexibility index (Phi) is 8.28. The molecule has 0 aliphatic heterocycles. The van der Waals surface area contributed by atoms with Crippen LogP contribution in [-0.2, 0) is 20.0 Å². The lowest BCUT2D eigenvalue weighted by molar-refractivity contribution is -0.275. The molecule has 8 nitrogen and oxygen atoms in total. The third kappa shape index (κ3) is 7.29. The molecule has 16 heteroatoms. The number of halogens is 6. The molecule has 0 spiro atoms. The second-order valence-corrected chi connectivity index (χ2v) is 11.9. The van der Waals surface area contributed by atoms with Crippen molar-refractivity contribution in [2.24, 2.45) is 0 Å². The van der Waals surface area contributed by atoms with E-state index >= 15 is 0 Å². The van der Waals surface area contributed by atoms with Gasteiger partial charge >= 0.3 is 12.7 Å². The highest BCUT2D eigenvalue weighted by Crippen LogP contribution is 2.38. The number of alkyl halides is 6. The lowest BCUT2D eigenvalue weighted by Gasteiger charge is -2.23. The molecule has 0 radical (unpaired) electrons. The molecule has 0 aliphatic carbocycles. The Labute approximate surface area is 226 Å². The molecule has 2 N–H and O–H groups in total. The van der Waals surface area contributed by atoms with E-state index in [1.807, 2.05) is 0 Å². The quantitative estimate of drug-likeness (QED) is 0.288. The minimum absolute atomic E-state index is 0.156. The van der Waals surface area contributed by atoms with Crippen LogP contribution in [0.2, 0.25) is 0 Å². The van der Waals surface area contributed by atoms with E-state index in [1.54, 1.807) is 13.8 Å². The van der Waals surface area contributed by atoms with Crippen LogP contribution in [-0.4, -0.2) is 29.6 Å². The van der Waals surface area contributed by atoms with Gasteiger partial charge in [0, 0.05) is 0 Å². The van der Waals surface area contributed by atoms with Gasteiger partial charge in [0.25, 0.3) is 20.0 Å². The van der Waals surface area contributed by atoms with Crippen molar-refractivity contribution in [3.63, 3.8) is 0 Å². The molecule has 3 aromatic rings. The van der Waals surface area contributed by atoms with Gasteiger partial charge in [-0.1, -0.05) is 0 Å². The van der Waals surface area contributed by atoms with Crippen LogP contribution in [0.15, 0.2) is 58.3 Å². The van der Waals surface area contributed by atoms with Crippen molar-refractivity contribution in [2.75, 3.05) is 9.44 Å². The van der Waals surface area contributed by atoms with E-state index in [1.165, 1.54) is 13.8 Å². The number of anilines is 2. The summed E-state index contributed by atoms with van der Waals surface area (Å²) in [5, 5.41) is 0. The van der Waals surface area contributed by atoms with Crippen molar-refractivity contribution in [3.05, 3.63) is 70.8 Å². The molecule has 0 saturated heterocycles. The number of nitrogens with one attached hydrogen (secondary N) is 2. The lowest BCUT2D eigenvalue weighted by Crippen LogP contribution is -2.20. The van der Waals surface area contributed by atoms with E-state index in [4.69, 9.17) is 0 Å². The molecule has 0 unspecified atom stereocenters. The minimum Gasteiger partial charge on any atom is -0.406 e. The zero-order valence-corrected chi connectivity index (χ0v) is 22.8. The first-order valence-corrected chi connectivity index (χ1v) is 14.0. The lowest BCUT2D eigenvalue weighted by atomic mass is 9.96. The highest BCUT2D eigenvalue weighted by molar-refractivity contribution is 7.93. The van der Waals surface area contributed by atoms with Crippen LogP contribution in [0.25, 0.3) is 0 Å². The van der Waals surface area contributed by atoms with Crippen molar-refractivity contribution in [3.8, 4) is 11.5 Å². The Balaban J connectivity index is 2.01. The number of rotatable bonds is 8. The Morgan fingerprint density at radius 2 is 0.800 bits per heavy atom. The number of hydrogen-bond acceptors (Lipinski definition) is 6. The van der Waals surface area contributed by atoms with Crippen LogP contribution in [0.1, 0.15) is 22.3 Å². The molecule has 40 heavy (non-hydrogen) atoms. The van der Waals surface area contributed by atoms with E-state index in [0.29, 0.717) is 22.3 Å². The maximum atomic E-state index is 13.1. The van der Waals surface area contributed by atoms with Gasteiger partial charge in [0.15, 0.2) is 0 Å². The SMILES string of the molecule is Cc1c(C)c(C)c(NS(=O)(=O)c2ccc(OC(F)(F)F)cc2)c(NS(=O)(=O)c2ccc(OC(F)(F)F)cc2)c1C. The normalized spacial score (nSPS) is 12.7. The van der Waals surface area contributed by atoms with Crippen molar-refractivity contribution in [1.82, 2.24) is 0 Å². The first-order chi connectivity index (χ1) is 18.2. The number of ether oxygens (including phenoxy) is 2. The second kappa shape index (κ2) is 10.7. The predicted molar refractivity (Wildman–Crippen MR) is 133 cm³/mol. The Morgan fingerprint density at radius 3 is 1.05 bits per heavy atom. The smallest absolute Gasteiger partial charge is 0.406 e. The average Bonchev–Trinajstić information content (AvgIpc) is 2.82. The zero-order valence-electron chi connectivity index (χ0n) is 21.2. The molecule has 3 aromatic carbocycles. The van der Waals surface area contributed by atoms with E-state index in [0.717, 1.165) is 48.5 Å². The third-order valence-corrected chi connectivity index (χ3v) is 8.63. The van der Waals surface area contributed by atoms with Gasteiger partial charge in [-0.3, -0.25) is 9.44 Å². The standard InChI is InChI=1S/C24H22F6N2O6S2/c1-13-14(2)16(4)22(32-40(35,36)20-11-7-18(8-12-20)38-24(28,29)30)21(15(13)3)31-39(33,34)19-9-5-17(6-10-19)37-23(25,26)27/h5-12,31-32H,1-4H3. The summed E-state index contributed by atoms with van der Waals surface area (Å²) in [5.74, 6) is -1.30. The van der Waals surface area contributed by atoms with Gasteiger partial charge in [0.1, 0.15) is 11.5 Å². The summed E-state index contributed by atoms with van der Waals surface area (Å²) in [5.41, 5.74) is 1.63. The van der Waals surface area contributed by atoms with Gasteiger partial charge < -0.3 is 9.47 Å². The minimum atomic E-state index is -4.98. The van der Waals surface area contributed by atoms with E-state index in [2.05, 4.69) is 18.9 Å². The summed E-state index contributed by atoms with van der Waals surface area (Å²) in [7, 11) is -8.91. The fraction of sp³-hybridized carbons (Fsp3) is 0.250. The fourth-order valence-electron chi connectivity index (χ4n) is 3.60. The predicted octanol–water partition coefficient (Wildman–Crippen LogP) is 6.32. The molecule has 0 aromatic heterocycles. The molecule has 0 bridgehead atoms.